The number of terminal acetylenes is 1. The molecule has 0 radical (unpaired) electrons. The molecule has 0 aromatic carbocycles. The highest BCUT2D eigenvalue weighted by atomic mass is 16.6. The number of alkyl carbamates (subject to hydrolysis) is 1. The summed E-state index contributed by atoms with van der Waals surface area (Å²) in [5.74, 6) is 0. The first-order valence-electron chi connectivity index (χ1n) is 8.89. The number of allylic oxidation sites excluding steroid dienone is 4. The number of nitrogens with zero attached hydrogens (tertiary/aromatic N) is 2. The SMILES string of the molecule is C#C.C=CC=C.CCC1=CCC[C@H](NC(=O)OC(C)(C)C)c2nccnc21. The molecule has 0 unspecified atom stereocenters. The van der Waals surface area contributed by atoms with Crippen LogP contribution in [0.3, 0.4) is 0 Å². The summed E-state index contributed by atoms with van der Waals surface area (Å²) < 4.78 is 5.33. The van der Waals surface area contributed by atoms with Gasteiger partial charge in [0.25, 0.3) is 0 Å². The Kier molecular flexibility index (Phi) is 11.2. The van der Waals surface area contributed by atoms with Crippen LogP contribution in [-0.4, -0.2) is 21.7 Å². The largest absolute Gasteiger partial charge is 0.444 e. The minimum Gasteiger partial charge on any atom is -0.444 e. The van der Waals surface area contributed by atoms with E-state index in [0.717, 1.165) is 30.7 Å². The van der Waals surface area contributed by atoms with E-state index in [4.69, 9.17) is 4.74 Å². The van der Waals surface area contributed by atoms with Crippen LogP contribution < -0.4 is 5.32 Å². The Morgan fingerprint density at radius 1 is 1.30 bits per heavy atom. The van der Waals surface area contributed by atoms with Gasteiger partial charge in [-0.25, -0.2) is 4.79 Å². The number of hydrogen-bond acceptors (Lipinski definition) is 4. The lowest BCUT2D eigenvalue weighted by Gasteiger charge is -2.23. The lowest BCUT2D eigenvalue weighted by Crippen LogP contribution is -2.35. The van der Waals surface area contributed by atoms with Gasteiger partial charge in [0.1, 0.15) is 5.60 Å². The first-order chi connectivity index (χ1) is 12.8. The summed E-state index contributed by atoms with van der Waals surface area (Å²) in [7, 11) is 0. The summed E-state index contributed by atoms with van der Waals surface area (Å²) in [6.07, 6.45) is 19.0. The van der Waals surface area contributed by atoms with Gasteiger partial charge in [-0.1, -0.05) is 38.3 Å². The van der Waals surface area contributed by atoms with Crippen LogP contribution in [0.4, 0.5) is 4.79 Å². The van der Waals surface area contributed by atoms with E-state index in [9.17, 15) is 4.79 Å². The van der Waals surface area contributed by atoms with Gasteiger partial charge in [0.2, 0.25) is 0 Å². The molecule has 0 bridgehead atoms. The van der Waals surface area contributed by atoms with Crippen molar-refractivity contribution in [1.29, 1.82) is 0 Å². The number of amides is 1. The molecule has 1 heterocycles. The van der Waals surface area contributed by atoms with E-state index >= 15 is 0 Å². The summed E-state index contributed by atoms with van der Waals surface area (Å²) in [6.45, 7) is 14.4. The highest BCUT2D eigenvalue weighted by molar-refractivity contribution is 5.70. The molecule has 0 saturated heterocycles. The topological polar surface area (TPSA) is 64.1 Å². The smallest absolute Gasteiger partial charge is 0.408 e. The summed E-state index contributed by atoms with van der Waals surface area (Å²) in [5, 5.41) is 2.92. The third-order valence-corrected chi connectivity index (χ3v) is 3.45. The van der Waals surface area contributed by atoms with Crippen molar-refractivity contribution in [1.82, 2.24) is 15.3 Å². The monoisotopic (exact) mass is 369 g/mol. The second kappa shape index (κ2) is 12.5. The summed E-state index contributed by atoms with van der Waals surface area (Å²) in [5.41, 5.74) is 2.39. The molecule has 1 aromatic heterocycles. The number of rotatable bonds is 3. The van der Waals surface area contributed by atoms with Gasteiger partial charge in [-0.2, -0.15) is 0 Å². The molecule has 5 nitrogen and oxygen atoms in total. The van der Waals surface area contributed by atoms with E-state index < -0.39 is 11.7 Å². The first kappa shape index (κ1) is 24.1. The number of carbonyl (C=O) groups excluding carboxylic acids is 1. The highest BCUT2D eigenvalue weighted by Gasteiger charge is 2.25. The molecule has 0 aliphatic heterocycles. The van der Waals surface area contributed by atoms with Gasteiger partial charge in [-0.15, -0.1) is 12.8 Å². The Morgan fingerprint density at radius 3 is 2.41 bits per heavy atom. The van der Waals surface area contributed by atoms with E-state index in [-0.39, 0.29) is 6.04 Å². The highest BCUT2D eigenvalue weighted by Crippen LogP contribution is 2.30. The van der Waals surface area contributed by atoms with Crippen molar-refractivity contribution < 1.29 is 9.53 Å². The van der Waals surface area contributed by atoms with E-state index in [1.165, 1.54) is 5.57 Å². The fraction of sp³-hybridized carbons (Fsp3) is 0.409. The standard InChI is InChI=1S/C16H23N3O2.C4H6.C2H2/c1-5-11-7-6-8-12(14-13(11)17-9-10-18-14)19-15(20)21-16(2,3)4;1-3-4-2;1-2/h7,9-10,12H,5-6,8H2,1-4H3,(H,19,20);3-4H,1-2H2;1-2H/t12-;;/m0../s1. The van der Waals surface area contributed by atoms with Crippen LogP contribution in [-0.2, 0) is 4.74 Å². The average Bonchev–Trinajstić information content (AvgIpc) is 2.81. The normalized spacial score (nSPS) is 15.0. The maximum atomic E-state index is 12.0. The van der Waals surface area contributed by atoms with Gasteiger partial charge in [-0.05, 0) is 45.6 Å². The maximum absolute atomic E-state index is 12.0. The molecule has 5 heteroatoms. The second-order valence-electron chi connectivity index (χ2n) is 6.62. The number of aromatic nitrogens is 2. The molecule has 27 heavy (non-hydrogen) atoms. The molecular formula is C22H31N3O2. The summed E-state index contributed by atoms with van der Waals surface area (Å²) >= 11 is 0. The third kappa shape index (κ3) is 8.87. The Labute approximate surface area is 163 Å². The maximum Gasteiger partial charge on any atom is 0.408 e. The summed E-state index contributed by atoms with van der Waals surface area (Å²) in [6, 6.07) is -0.163. The number of hydrogen-bond donors (Lipinski definition) is 1. The van der Waals surface area contributed by atoms with Crippen LogP contribution in [0.1, 0.15) is 64.4 Å². The van der Waals surface area contributed by atoms with Gasteiger partial charge in [-0.3, -0.25) is 9.97 Å². The molecule has 0 saturated carbocycles. The molecule has 1 atom stereocenters. The molecule has 0 spiro atoms. The van der Waals surface area contributed by atoms with Crippen molar-refractivity contribution in [2.24, 2.45) is 0 Å². The number of carbonyl (C=O) groups is 1. The van der Waals surface area contributed by atoms with Crippen LogP contribution in [0.25, 0.3) is 5.57 Å². The molecule has 1 amide bonds. The van der Waals surface area contributed by atoms with Gasteiger partial charge >= 0.3 is 6.09 Å². The van der Waals surface area contributed by atoms with Crippen molar-refractivity contribution in [2.45, 2.75) is 58.6 Å². The van der Waals surface area contributed by atoms with Gasteiger partial charge in [0.15, 0.2) is 0 Å². The van der Waals surface area contributed by atoms with Crippen LogP contribution >= 0.6 is 0 Å². The van der Waals surface area contributed by atoms with Crippen LogP contribution in [0.15, 0.2) is 43.8 Å². The molecule has 2 rings (SSSR count). The molecule has 0 fully saturated rings. The first-order valence-corrected chi connectivity index (χ1v) is 8.89. The minimum atomic E-state index is -0.507. The Morgan fingerprint density at radius 2 is 1.89 bits per heavy atom. The minimum absolute atomic E-state index is 0.163. The lowest BCUT2D eigenvalue weighted by atomic mass is 10.1. The molecule has 1 aliphatic carbocycles. The Bertz CT molecular complexity index is 664. The number of nitrogens with one attached hydrogen (secondary N) is 1. The fourth-order valence-electron chi connectivity index (χ4n) is 2.41. The molecule has 1 aromatic rings. The van der Waals surface area contributed by atoms with Gasteiger partial charge in [0, 0.05) is 12.4 Å². The average molecular weight is 370 g/mol. The number of fused-ring (bicyclic) bond motifs is 1. The zero-order chi connectivity index (χ0) is 20.9. The molecule has 146 valence electrons. The van der Waals surface area contributed by atoms with Crippen LogP contribution in [0.5, 0.6) is 0 Å². The zero-order valence-corrected chi connectivity index (χ0v) is 16.9. The van der Waals surface area contributed by atoms with Crippen molar-refractivity contribution in [3.8, 4) is 12.8 Å². The second-order valence-corrected chi connectivity index (χ2v) is 6.62. The quantitative estimate of drug-likeness (QED) is 0.585. The van der Waals surface area contributed by atoms with Crippen molar-refractivity contribution in [3.05, 3.63) is 55.2 Å². The Hall–Kier alpha value is -2.87. The van der Waals surface area contributed by atoms with Crippen LogP contribution in [0.2, 0.25) is 0 Å². The van der Waals surface area contributed by atoms with Crippen LogP contribution in [0, 0.1) is 12.8 Å². The molecule has 1 aliphatic rings. The third-order valence-electron chi connectivity index (χ3n) is 3.45. The predicted octanol–water partition coefficient (Wildman–Crippen LogP) is 5.24. The van der Waals surface area contributed by atoms with E-state index in [1.807, 2.05) is 20.8 Å². The van der Waals surface area contributed by atoms with Crippen molar-refractivity contribution in [3.63, 3.8) is 0 Å². The number of ether oxygens (including phenoxy) is 1. The molecular weight excluding hydrogens is 338 g/mol. The zero-order valence-electron chi connectivity index (χ0n) is 16.9. The van der Waals surface area contributed by atoms with E-state index in [0.29, 0.717) is 0 Å². The predicted molar refractivity (Wildman–Crippen MR) is 112 cm³/mol. The summed E-state index contributed by atoms with van der Waals surface area (Å²) in [4.78, 5) is 20.9. The lowest BCUT2D eigenvalue weighted by molar-refractivity contribution is 0.0500. The van der Waals surface area contributed by atoms with Crippen molar-refractivity contribution >= 4 is 11.7 Å². The van der Waals surface area contributed by atoms with E-state index in [2.05, 4.69) is 54.3 Å². The van der Waals surface area contributed by atoms with Gasteiger partial charge in [0.05, 0.1) is 17.4 Å². The fourth-order valence-corrected chi connectivity index (χ4v) is 2.41. The van der Waals surface area contributed by atoms with E-state index in [1.54, 1.807) is 24.5 Å². The Balaban J connectivity index is 0.000000998. The molecule has 1 N–H and O–H groups in total. The van der Waals surface area contributed by atoms with Crippen molar-refractivity contribution in [2.75, 3.05) is 0 Å². The van der Waals surface area contributed by atoms with Gasteiger partial charge < -0.3 is 10.1 Å².